The highest BCUT2D eigenvalue weighted by Gasteiger charge is 2.21. The highest BCUT2D eigenvalue weighted by molar-refractivity contribution is 6.10. The highest BCUT2D eigenvalue weighted by atomic mass is 16.2. The molecule has 0 aliphatic carbocycles. The summed E-state index contributed by atoms with van der Waals surface area (Å²) in [6.45, 7) is 10.2. The monoisotopic (exact) mass is 978 g/mol. The Morgan fingerprint density at radius 3 is 1.40 bits per heavy atom. The standard InChI is InChI=1S/C59H107N7O4/c1-3-5-7-9-11-13-15-17-19-21-23-25-27-29-31-38-56(67)53-41-40-52(51-54(53)57(68)39-32-30-28-26-24-22-20-18-16-14-12-10-8-6-4-2)58(69)64-46-47-65-59(70)55(63-45-34-42-60)37-33-48-66(49-35-43-61)50-36-44-62/h17-20,40-41,51,55,63H,3-16,21-39,42-50,60-62H2,1-2H3,(H,64,69)(H,65,70)/b19-17-,20-18-/t55-/m0/s1. The number of allylic oxidation sites excluding steroid dienone is 4. The van der Waals surface area contributed by atoms with Crippen LogP contribution in [-0.2, 0) is 4.79 Å². The summed E-state index contributed by atoms with van der Waals surface area (Å²) in [5.41, 5.74) is 18.4. The quantitative estimate of drug-likeness (QED) is 0.0210. The summed E-state index contributed by atoms with van der Waals surface area (Å²) in [5.74, 6) is -0.566. The zero-order valence-corrected chi connectivity index (χ0v) is 45.1. The first-order chi connectivity index (χ1) is 34.3. The van der Waals surface area contributed by atoms with Crippen molar-refractivity contribution >= 4 is 23.4 Å². The first-order valence-corrected chi connectivity index (χ1v) is 28.9. The van der Waals surface area contributed by atoms with E-state index in [2.05, 4.69) is 59.0 Å². The Morgan fingerprint density at radius 2 is 0.914 bits per heavy atom. The van der Waals surface area contributed by atoms with Gasteiger partial charge in [-0.3, -0.25) is 19.2 Å². The van der Waals surface area contributed by atoms with E-state index in [4.69, 9.17) is 17.2 Å². The second kappa shape index (κ2) is 48.1. The number of benzene rings is 1. The van der Waals surface area contributed by atoms with Gasteiger partial charge in [-0.2, -0.15) is 0 Å². The van der Waals surface area contributed by atoms with Crippen molar-refractivity contribution in [3.8, 4) is 0 Å². The molecule has 0 heterocycles. The summed E-state index contributed by atoms with van der Waals surface area (Å²) >= 11 is 0. The molecule has 0 bridgehead atoms. The number of amides is 2. The average molecular weight is 979 g/mol. The number of unbranched alkanes of at least 4 members (excludes halogenated alkanes) is 22. The second-order valence-corrected chi connectivity index (χ2v) is 19.7. The Labute approximate surface area is 428 Å². The molecule has 0 unspecified atom stereocenters. The van der Waals surface area contributed by atoms with Gasteiger partial charge in [0.2, 0.25) is 5.91 Å². The van der Waals surface area contributed by atoms with Crippen LogP contribution in [0.4, 0.5) is 0 Å². The molecule has 11 heteroatoms. The highest BCUT2D eigenvalue weighted by Crippen LogP contribution is 2.21. The molecule has 0 spiro atoms. The number of hydrogen-bond acceptors (Lipinski definition) is 9. The van der Waals surface area contributed by atoms with E-state index >= 15 is 0 Å². The normalized spacial score (nSPS) is 12.1. The van der Waals surface area contributed by atoms with Gasteiger partial charge < -0.3 is 38.1 Å². The van der Waals surface area contributed by atoms with Crippen LogP contribution in [0.15, 0.2) is 42.5 Å². The summed E-state index contributed by atoms with van der Waals surface area (Å²) in [4.78, 5) is 56.6. The van der Waals surface area contributed by atoms with Gasteiger partial charge in [-0.1, -0.05) is 141 Å². The van der Waals surface area contributed by atoms with Gasteiger partial charge >= 0.3 is 0 Å². The minimum atomic E-state index is -0.375. The maximum Gasteiger partial charge on any atom is 0.251 e. The van der Waals surface area contributed by atoms with E-state index in [9.17, 15) is 19.2 Å². The fraction of sp³-hybridized carbons (Fsp3) is 0.763. The van der Waals surface area contributed by atoms with E-state index in [1.807, 2.05) is 0 Å². The Balaban J connectivity index is 2.77. The van der Waals surface area contributed by atoms with Crippen LogP contribution in [0.1, 0.15) is 257 Å². The Bertz CT molecular complexity index is 1490. The van der Waals surface area contributed by atoms with Gasteiger partial charge in [-0.05, 0) is 160 Å². The molecule has 1 rings (SSSR count). The van der Waals surface area contributed by atoms with Crippen molar-refractivity contribution in [2.24, 2.45) is 17.2 Å². The first kappa shape index (κ1) is 64.8. The SMILES string of the molecule is CCCCCCCC/C=C\CCCCCCCC(=O)c1ccc(C(=O)NCCNC(=O)[C@H](CCCN(CCCN)CCCN)NCCCN)cc1C(=O)CCCCCCC/C=C\CCCCCCCC. The zero-order chi connectivity index (χ0) is 51.0. The molecule has 0 saturated heterocycles. The Hall–Kier alpha value is -3.22. The Kier molecular flexibility index (Phi) is 44.5. The van der Waals surface area contributed by atoms with Crippen molar-refractivity contribution in [2.45, 2.75) is 232 Å². The molecule has 0 aliphatic rings. The van der Waals surface area contributed by atoms with Gasteiger partial charge in [0.25, 0.3) is 5.91 Å². The van der Waals surface area contributed by atoms with Crippen molar-refractivity contribution in [2.75, 3.05) is 58.9 Å². The van der Waals surface area contributed by atoms with E-state index in [0.717, 1.165) is 116 Å². The molecule has 9 N–H and O–H groups in total. The summed E-state index contributed by atoms with van der Waals surface area (Å²) in [5, 5.41) is 9.28. The molecule has 1 aromatic rings. The minimum absolute atomic E-state index is 0.0337. The van der Waals surface area contributed by atoms with Crippen molar-refractivity contribution in [3.05, 3.63) is 59.2 Å². The number of carbonyl (C=O) groups excluding carboxylic acids is 4. The minimum Gasteiger partial charge on any atom is -0.353 e. The average Bonchev–Trinajstić information content (AvgIpc) is 3.37. The third-order valence-electron chi connectivity index (χ3n) is 13.3. The Morgan fingerprint density at radius 1 is 0.486 bits per heavy atom. The molecule has 0 saturated carbocycles. The maximum atomic E-state index is 13.8. The van der Waals surface area contributed by atoms with Crippen molar-refractivity contribution in [1.82, 2.24) is 20.9 Å². The molecule has 70 heavy (non-hydrogen) atoms. The van der Waals surface area contributed by atoms with Crippen LogP contribution < -0.4 is 33.2 Å². The molecular formula is C59H107N7O4. The van der Waals surface area contributed by atoms with Crippen LogP contribution in [-0.4, -0.2) is 93.2 Å². The number of Topliss-reactive ketones (excluding diaryl/α,β-unsaturated/α-hetero) is 2. The molecule has 402 valence electrons. The fourth-order valence-corrected chi connectivity index (χ4v) is 8.92. The summed E-state index contributed by atoms with van der Waals surface area (Å²) < 4.78 is 0. The molecule has 0 fully saturated rings. The summed E-state index contributed by atoms with van der Waals surface area (Å²) in [6.07, 6.45) is 45.1. The molecular weight excluding hydrogens is 871 g/mol. The van der Waals surface area contributed by atoms with Gasteiger partial charge in [-0.25, -0.2) is 0 Å². The van der Waals surface area contributed by atoms with E-state index in [1.165, 1.54) is 96.3 Å². The largest absolute Gasteiger partial charge is 0.353 e. The smallest absolute Gasteiger partial charge is 0.251 e. The number of nitrogens with one attached hydrogen (secondary N) is 3. The van der Waals surface area contributed by atoms with Crippen molar-refractivity contribution in [1.29, 1.82) is 0 Å². The molecule has 0 radical (unpaired) electrons. The number of nitrogens with two attached hydrogens (primary N) is 3. The lowest BCUT2D eigenvalue weighted by atomic mass is 9.92. The van der Waals surface area contributed by atoms with Gasteiger partial charge in [0.05, 0.1) is 6.04 Å². The predicted molar refractivity (Wildman–Crippen MR) is 298 cm³/mol. The second-order valence-electron chi connectivity index (χ2n) is 19.7. The number of carbonyl (C=O) groups is 4. The zero-order valence-electron chi connectivity index (χ0n) is 45.1. The van der Waals surface area contributed by atoms with E-state index in [1.54, 1.807) is 18.2 Å². The third-order valence-corrected chi connectivity index (χ3v) is 13.3. The van der Waals surface area contributed by atoms with E-state index < -0.39 is 0 Å². The number of ketones is 2. The molecule has 1 aromatic carbocycles. The third kappa shape index (κ3) is 35.8. The summed E-state index contributed by atoms with van der Waals surface area (Å²) in [7, 11) is 0. The number of rotatable bonds is 51. The molecule has 1 atom stereocenters. The molecule has 0 aromatic heterocycles. The number of hydrogen-bond donors (Lipinski definition) is 6. The van der Waals surface area contributed by atoms with Crippen LogP contribution in [0.3, 0.4) is 0 Å². The van der Waals surface area contributed by atoms with Crippen LogP contribution in [0, 0.1) is 0 Å². The van der Waals surface area contributed by atoms with Gasteiger partial charge in [0, 0.05) is 42.6 Å². The van der Waals surface area contributed by atoms with Gasteiger partial charge in [0.1, 0.15) is 0 Å². The van der Waals surface area contributed by atoms with E-state index in [0.29, 0.717) is 62.1 Å². The predicted octanol–water partition coefficient (Wildman–Crippen LogP) is 12.1. The van der Waals surface area contributed by atoms with Crippen LogP contribution in [0.5, 0.6) is 0 Å². The van der Waals surface area contributed by atoms with Crippen LogP contribution in [0.2, 0.25) is 0 Å². The molecule has 0 aliphatic heterocycles. The van der Waals surface area contributed by atoms with E-state index in [-0.39, 0.29) is 42.5 Å². The van der Waals surface area contributed by atoms with Crippen molar-refractivity contribution < 1.29 is 19.2 Å². The lowest BCUT2D eigenvalue weighted by molar-refractivity contribution is -0.123. The lowest BCUT2D eigenvalue weighted by Gasteiger charge is -2.24. The number of nitrogens with zero attached hydrogens (tertiary/aromatic N) is 1. The van der Waals surface area contributed by atoms with Crippen molar-refractivity contribution in [3.63, 3.8) is 0 Å². The molecule has 2 amide bonds. The topological polar surface area (TPSA) is 186 Å². The van der Waals surface area contributed by atoms with Crippen LogP contribution >= 0.6 is 0 Å². The van der Waals surface area contributed by atoms with Crippen LogP contribution in [0.25, 0.3) is 0 Å². The van der Waals surface area contributed by atoms with Gasteiger partial charge in [-0.15, -0.1) is 0 Å². The summed E-state index contributed by atoms with van der Waals surface area (Å²) in [6, 6.07) is 4.57. The van der Waals surface area contributed by atoms with Gasteiger partial charge in [0.15, 0.2) is 11.6 Å². The lowest BCUT2D eigenvalue weighted by Crippen LogP contribution is -2.47. The molecule has 11 nitrogen and oxygen atoms in total. The fourth-order valence-electron chi connectivity index (χ4n) is 8.92. The maximum absolute atomic E-state index is 13.8. The first-order valence-electron chi connectivity index (χ1n) is 28.9.